The van der Waals surface area contributed by atoms with Crippen LogP contribution in [0.3, 0.4) is 0 Å². The molecule has 15 heavy (non-hydrogen) atoms. The molecule has 1 nitrogen and oxygen atoms in total. The maximum atomic E-state index is 2.41. The van der Waals surface area contributed by atoms with Crippen LogP contribution >= 0.6 is 0 Å². The molecule has 0 spiro atoms. The van der Waals surface area contributed by atoms with E-state index < -0.39 is 0 Å². The van der Waals surface area contributed by atoms with Crippen LogP contribution < -0.4 is 0 Å². The fourth-order valence-corrected chi connectivity index (χ4v) is 1.62. The highest BCUT2D eigenvalue weighted by atomic mass is 15.1. The normalized spacial score (nSPS) is 14.1. The van der Waals surface area contributed by atoms with Crippen LogP contribution in [0.25, 0.3) is 0 Å². The molecule has 0 aromatic heterocycles. The Morgan fingerprint density at radius 2 is 1.53 bits per heavy atom. The number of rotatable bonds is 4. The molecule has 0 N–H and O–H groups in total. The van der Waals surface area contributed by atoms with Gasteiger partial charge in [-0.25, -0.2) is 0 Å². The molecule has 0 aromatic rings. The van der Waals surface area contributed by atoms with Crippen molar-refractivity contribution in [1.82, 2.24) is 4.90 Å². The minimum Gasteiger partial charge on any atom is -0.306 e. The zero-order valence-corrected chi connectivity index (χ0v) is 11.7. The Labute approximate surface area is 96.6 Å². The topological polar surface area (TPSA) is 3.24 Å². The number of hydrogen-bond acceptors (Lipinski definition) is 1. The Morgan fingerprint density at radius 1 is 1.00 bits per heavy atom. The first-order valence-corrected chi connectivity index (χ1v) is 5.96. The zero-order valence-electron chi connectivity index (χ0n) is 11.7. The van der Waals surface area contributed by atoms with Gasteiger partial charge >= 0.3 is 0 Å². The molecule has 90 valence electrons. The first kappa shape index (κ1) is 14.7. The fourth-order valence-electron chi connectivity index (χ4n) is 1.62. The van der Waals surface area contributed by atoms with Crippen LogP contribution in [0.2, 0.25) is 0 Å². The molecule has 0 fully saturated rings. The molecule has 0 bridgehead atoms. The third-order valence-corrected chi connectivity index (χ3v) is 2.04. The van der Waals surface area contributed by atoms with Gasteiger partial charge in [-0.05, 0) is 24.3 Å². The van der Waals surface area contributed by atoms with Gasteiger partial charge in [0.15, 0.2) is 0 Å². The molecule has 0 unspecified atom stereocenters. The van der Waals surface area contributed by atoms with E-state index in [4.69, 9.17) is 0 Å². The molecule has 0 heterocycles. The van der Waals surface area contributed by atoms with Gasteiger partial charge in [0, 0.05) is 13.1 Å². The van der Waals surface area contributed by atoms with E-state index in [-0.39, 0.29) is 0 Å². The van der Waals surface area contributed by atoms with E-state index in [0.29, 0.717) is 10.8 Å². The van der Waals surface area contributed by atoms with Gasteiger partial charge in [0.05, 0.1) is 0 Å². The van der Waals surface area contributed by atoms with Crippen LogP contribution in [0, 0.1) is 10.8 Å². The predicted molar refractivity (Wildman–Crippen MR) is 70.2 cm³/mol. The van der Waals surface area contributed by atoms with Gasteiger partial charge in [-0.1, -0.05) is 53.7 Å². The molecule has 1 heteroatoms. The summed E-state index contributed by atoms with van der Waals surface area (Å²) in [5.41, 5.74) is 0.727. The van der Waals surface area contributed by atoms with E-state index in [1.165, 1.54) is 0 Å². The maximum absolute atomic E-state index is 2.41. The van der Waals surface area contributed by atoms with Crippen molar-refractivity contribution in [2.24, 2.45) is 10.8 Å². The first-order chi connectivity index (χ1) is 6.60. The van der Waals surface area contributed by atoms with E-state index in [2.05, 4.69) is 65.6 Å². The zero-order chi connectivity index (χ0) is 12.1. The molecule has 0 atom stereocenters. The monoisotopic (exact) mass is 211 g/mol. The summed E-state index contributed by atoms with van der Waals surface area (Å²) in [6.45, 7) is 15.9. The average molecular weight is 211 g/mol. The van der Waals surface area contributed by atoms with Crippen LogP contribution in [0.4, 0.5) is 0 Å². The van der Waals surface area contributed by atoms with Crippen molar-refractivity contribution in [2.75, 3.05) is 20.1 Å². The van der Waals surface area contributed by atoms with Crippen molar-refractivity contribution in [3.05, 3.63) is 12.2 Å². The van der Waals surface area contributed by atoms with Crippen LogP contribution in [-0.4, -0.2) is 25.0 Å². The SMILES string of the molecule is CN(CC/C=C\C(C)(C)C)CC(C)(C)C. The van der Waals surface area contributed by atoms with Gasteiger partial charge in [-0.15, -0.1) is 0 Å². The molecule has 0 aliphatic heterocycles. The summed E-state index contributed by atoms with van der Waals surface area (Å²) in [4.78, 5) is 2.41. The largest absolute Gasteiger partial charge is 0.306 e. The third-order valence-electron chi connectivity index (χ3n) is 2.04. The summed E-state index contributed by atoms with van der Waals surface area (Å²) in [6, 6.07) is 0. The van der Waals surface area contributed by atoms with Crippen LogP contribution in [0.1, 0.15) is 48.0 Å². The summed E-state index contributed by atoms with van der Waals surface area (Å²) in [5, 5.41) is 0. The summed E-state index contributed by atoms with van der Waals surface area (Å²) in [7, 11) is 2.20. The van der Waals surface area contributed by atoms with Crippen LogP contribution in [0.15, 0.2) is 12.2 Å². The molecule has 0 aliphatic rings. The average Bonchev–Trinajstić information content (AvgIpc) is 1.92. The summed E-state index contributed by atoms with van der Waals surface area (Å²) in [5.74, 6) is 0. The van der Waals surface area contributed by atoms with Crippen molar-refractivity contribution in [2.45, 2.75) is 48.0 Å². The lowest BCUT2D eigenvalue weighted by Crippen LogP contribution is -2.29. The predicted octanol–water partition coefficient (Wildman–Crippen LogP) is 3.96. The van der Waals surface area contributed by atoms with Crippen molar-refractivity contribution >= 4 is 0 Å². The van der Waals surface area contributed by atoms with E-state index in [9.17, 15) is 0 Å². The molecular formula is C14H29N. The highest BCUT2D eigenvalue weighted by Gasteiger charge is 2.12. The standard InChI is InChI=1S/C14H29N/c1-13(2,3)10-8-9-11-15(7)12-14(4,5)6/h8,10H,9,11-12H2,1-7H3/b10-8-. The number of hydrogen-bond donors (Lipinski definition) is 0. The Kier molecular flexibility index (Phi) is 5.58. The fraction of sp³-hybridized carbons (Fsp3) is 0.857. The molecule has 0 aromatic carbocycles. The minimum absolute atomic E-state index is 0.322. The van der Waals surface area contributed by atoms with Crippen LogP contribution in [-0.2, 0) is 0 Å². The lowest BCUT2D eigenvalue weighted by Gasteiger charge is -2.26. The summed E-state index contributed by atoms with van der Waals surface area (Å²) < 4.78 is 0. The first-order valence-electron chi connectivity index (χ1n) is 5.96. The van der Waals surface area contributed by atoms with E-state index >= 15 is 0 Å². The second kappa shape index (κ2) is 5.69. The highest BCUT2D eigenvalue weighted by molar-refractivity contribution is 4.92. The third kappa shape index (κ3) is 11.6. The molecule has 0 saturated heterocycles. The van der Waals surface area contributed by atoms with E-state index in [0.717, 1.165) is 19.5 Å². The second-order valence-electron chi connectivity index (χ2n) is 6.86. The summed E-state index contributed by atoms with van der Waals surface area (Å²) in [6.07, 6.45) is 5.76. The van der Waals surface area contributed by atoms with Gasteiger partial charge in [0.2, 0.25) is 0 Å². The van der Waals surface area contributed by atoms with Gasteiger partial charge in [-0.2, -0.15) is 0 Å². The minimum atomic E-state index is 0.322. The Morgan fingerprint density at radius 3 is 1.93 bits per heavy atom. The highest BCUT2D eigenvalue weighted by Crippen LogP contribution is 2.16. The van der Waals surface area contributed by atoms with Gasteiger partial charge in [0.25, 0.3) is 0 Å². The van der Waals surface area contributed by atoms with Gasteiger partial charge < -0.3 is 4.90 Å². The Bertz CT molecular complexity index is 190. The smallest absolute Gasteiger partial charge is 0.00271 e. The molecule has 0 amide bonds. The lowest BCUT2D eigenvalue weighted by molar-refractivity contribution is 0.230. The van der Waals surface area contributed by atoms with E-state index in [1.54, 1.807) is 0 Å². The lowest BCUT2D eigenvalue weighted by atomic mass is 9.95. The quantitative estimate of drug-likeness (QED) is 0.636. The number of allylic oxidation sites excluding steroid dienone is 1. The van der Waals surface area contributed by atoms with Crippen molar-refractivity contribution in [3.63, 3.8) is 0 Å². The molecule has 0 radical (unpaired) electrons. The van der Waals surface area contributed by atoms with Crippen molar-refractivity contribution in [1.29, 1.82) is 0 Å². The molecular weight excluding hydrogens is 182 g/mol. The molecule has 0 saturated carbocycles. The molecule has 0 aliphatic carbocycles. The Hall–Kier alpha value is -0.300. The number of nitrogens with zero attached hydrogens (tertiary/aromatic N) is 1. The van der Waals surface area contributed by atoms with Crippen molar-refractivity contribution in [3.8, 4) is 0 Å². The summed E-state index contributed by atoms with van der Waals surface area (Å²) >= 11 is 0. The van der Waals surface area contributed by atoms with Gasteiger partial charge in [-0.3, -0.25) is 0 Å². The van der Waals surface area contributed by atoms with Crippen molar-refractivity contribution < 1.29 is 0 Å². The van der Waals surface area contributed by atoms with E-state index in [1.807, 2.05) is 0 Å². The van der Waals surface area contributed by atoms with Crippen LogP contribution in [0.5, 0.6) is 0 Å². The molecule has 0 rings (SSSR count). The maximum Gasteiger partial charge on any atom is 0.00271 e. The second-order valence-corrected chi connectivity index (χ2v) is 6.86. The Balaban J connectivity index is 3.74. The van der Waals surface area contributed by atoms with Gasteiger partial charge in [0.1, 0.15) is 0 Å².